The van der Waals surface area contributed by atoms with Gasteiger partial charge in [-0.15, -0.1) is 0 Å². The molecule has 0 radical (unpaired) electrons. The van der Waals surface area contributed by atoms with E-state index in [9.17, 15) is 4.79 Å². The topological polar surface area (TPSA) is 32.3 Å². The maximum atomic E-state index is 11.6. The van der Waals surface area contributed by atoms with E-state index in [0.717, 1.165) is 19.0 Å². The molecule has 16 heavy (non-hydrogen) atoms. The summed E-state index contributed by atoms with van der Waals surface area (Å²) in [6.07, 6.45) is 8.11. The summed E-state index contributed by atoms with van der Waals surface area (Å²) in [4.78, 5) is 14.1. The van der Waals surface area contributed by atoms with Crippen molar-refractivity contribution in [2.24, 2.45) is 5.92 Å². The third-order valence-electron chi connectivity index (χ3n) is 4.08. The minimum absolute atomic E-state index is 0.203. The molecule has 1 saturated heterocycles. The number of amides is 1. The Bertz CT molecular complexity index is 240. The molecule has 0 aromatic carbocycles. The van der Waals surface area contributed by atoms with Crippen molar-refractivity contribution in [2.45, 2.75) is 51.5 Å². The number of nitrogens with one attached hydrogen (secondary N) is 1. The van der Waals surface area contributed by atoms with Crippen LogP contribution in [-0.2, 0) is 4.79 Å². The van der Waals surface area contributed by atoms with Gasteiger partial charge in [0.25, 0.3) is 0 Å². The number of fused-ring (bicyclic) bond motifs is 1. The Morgan fingerprint density at radius 3 is 2.81 bits per heavy atom. The molecule has 92 valence electrons. The first-order valence-corrected chi connectivity index (χ1v) is 6.82. The first kappa shape index (κ1) is 11.9. The van der Waals surface area contributed by atoms with E-state index >= 15 is 0 Å². The first-order chi connectivity index (χ1) is 7.81. The molecule has 2 rings (SSSR count). The lowest BCUT2D eigenvalue weighted by molar-refractivity contribution is -0.123. The van der Waals surface area contributed by atoms with Gasteiger partial charge < -0.3 is 5.32 Å². The number of likely N-dealkylation sites (N-methyl/N-ethyl adjacent to an activating group) is 1. The normalized spacial score (nSPS) is 30.8. The molecule has 3 nitrogen and oxygen atoms in total. The average Bonchev–Trinajstić information content (AvgIpc) is 2.30. The number of carbonyl (C=O) groups is 1. The fraction of sp³-hybridized carbons (Fsp3) is 0.923. The second-order valence-electron chi connectivity index (χ2n) is 5.18. The van der Waals surface area contributed by atoms with Gasteiger partial charge in [0.15, 0.2) is 0 Å². The van der Waals surface area contributed by atoms with Crippen LogP contribution in [0.3, 0.4) is 0 Å². The van der Waals surface area contributed by atoms with Crippen molar-refractivity contribution in [3.05, 3.63) is 0 Å². The lowest BCUT2D eigenvalue weighted by Gasteiger charge is -2.43. The highest BCUT2D eigenvalue weighted by Gasteiger charge is 2.33. The van der Waals surface area contributed by atoms with Gasteiger partial charge in [-0.05, 0) is 45.1 Å². The SMILES string of the molecule is CCNC(=O)CN1CCCC2CCCCC21. The smallest absolute Gasteiger partial charge is 0.234 e. The summed E-state index contributed by atoms with van der Waals surface area (Å²) in [5.74, 6) is 1.07. The zero-order chi connectivity index (χ0) is 11.4. The highest BCUT2D eigenvalue weighted by atomic mass is 16.2. The van der Waals surface area contributed by atoms with E-state index in [0.29, 0.717) is 12.6 Å². The number of likely N-dealkylation sites (tertiary alicyclic amines) is 1. The molecular formula is C13H24N2O. The van der Waals surface area contributed by atoms with Crippen molar-refractivity contribution in [1.29, 1.82) is 0 Å². The fourth-order valence-electron chi connectivity index (χ4n) is 3.36. The number of rotatable bonds is 3. The molecule has 0 spiro atoms. The Kier molecular flexibility index (Phi) is 4.22. The Balaban J connectivity index is 1.89. The van der Waals surface area contributed by atoms with Gasteiger partial charge in [-0.2, -0.15) is 0 Å². The molecule has 1 heterocycles. The third-order valence-corrected chi connectivity index (χ3v) is 4.08. The number of carbonyl (C=O) groups excluding carboxylic acids is 1. The lowest BCUT2D eigenvalue weighted by Crippen LogP contribution is -2.50. The molecule has 2 unspecified atom stereocenters. The van der Waals surface area contributed by atoms with Gasteiger partial charge in [0, 0.05) is 12.6 Å². The van der Waals surface area contributed by atoms with E-state index in [1.54, 1.807) is 0 Å². The maximum absolute atomic E-state index is 11.6. The fourth-order valence-corrected chi connectivity index (χ4v) is 3.36. The van der Waals surface area contributed by atoms with Crippen molar-refractivity contribution >= 4 is 5.91 Å². The van der Waals surface area contributed by atoms with Gasteiger partial charge in [-0.1, -0.05) is 12.8 Å². The van der Waals surface area contributed by atoms with E-state index in [1.165, 1.54) is 38.5 Å². The van der Waals surface area contributed by atoms with Crippen LogP contribution in [0.2, 0.25) is 0 Å². The molecule has 0 bridgehead atoms. The molecule has 0 aromatic heterocycles. The quantitative estimate of drug-likeness (QED) is 0.792. The zero-order valence-corrected chi connectivity index (χ0v) is 10.4. The van der Waals surface area contributed by atoms with Crippen LogP contribution in [0.1, 0.15) is 45.4 Å². The van der Waals surface area contributed by atoms with E-state index < -0.39 is 0 Å². The number of nitrogens with zero attached hydrogens (tertiary/aromatic N) is 1. The van der Waals surface area contributed by atoms with E-state index in [2.05, 4.69) is 10.2 Å². The molecule has 1 N–H and O–H groups in total. The van der Waals surface area contributed by atoms with Crippen LogP contribution in [0.25, 0.3) is 0 Å². The summed E-state index contributed by atoms with van der Waals surface area (Å²) in [5, 5.41) is 2.91. The van der Waals surface area contributed by atoms with Gasteiger partial charge in [0.2, 0.25) is 5.91 Å². The maximum Gasteiger partial charge on any atom is 0.234 e. The molecule has 1 aliphatic heterocycles. The Labute approximate surface area is 98.6 Å². The standard InChI is InChI=1S/C13H24N2O/c1-2-14-13(16)10-15-9-5-7-11-6-3-4-8-12(11)15/h11-12H,2-10H2,1H3,(H,14,16). The molecular weight excluding hydrogens is 200 g/mol. The molecule has 2 aliphatic rings. The van der Waals surface area contributed by atoms with Crippen LogP contribution in [0, 0.1) is 5.92 Å². The summed E-state index contributed by atoms with van der Waals surface area (Å²) >= 11 is 0. The summed E-state index contributed by atoms with van der Waals surface area (Å²) in [6, 6.07) is 0.699. The molecule has 2 atom stereocenters. The van der Waals surface area contributed by atoms with E-state index in [-0.39, 0.29) is 5.91 Å². The Hall–Kier alpha value is -0.570. The van der Waals surface area contributed by atoms with Gasteiger partial charge in [-0.3, -0.25) is 9.69 Å². The minimum atomic E-state index is 0.203. The summed E-state index contributed by atoms with van der Waals surface area (Å²) in [5.41, 5.74) is 0. The van der Waals surface area contributed by atoms with Crippen molar-refractivity contribution in [1.82, 2.24) is 10.2 Å². The number of hydrogen-bond donors (Lipinski definition) is 1. The highest BCUT2D eigenvalue weighted by Crippen LogP contribution is 2.34. The molecule has 1 saturated carbocycles. The van der Waals surface area contributed by atoms with Crippen LogP contribution < -0.4 is 5.32 Å². The van der Waals surface area contributed by atoms with Crippen LogP contribution >= 0.6 is 0 Å². The summed E-state index contributed by atoms with van der Waals surface area (Å²) in [6.45, 7) is 4.48. The van der Waals surface area contributed by atoms with Gasteiger partial charge in [0.1, 0.15) is 0 Å². The molecule has 3 heteroatoms. The van der Waals surface area contributed by atoms with Crippen LogP contribution in [0.5, 0.6) is 0 Å². The minimum Gasteiger partial charge on any atom is -0.355 e. The number of hydrogen-bond acceptors (Lipinski definition) is 2. The second-order valence-corrected chi connectivity index (χ2v) is 5.18. The van der Waals surface area contributed by atoms with Crippen molar-refractivity contribution in [3.63, 3.8) is 0 Å². The van der Waals surface area contributed by atoms with E-state index in [4.69, 9.17) is 0 Å². The van der Waals surface area contributed by atoms with Crippen LogP contribution in [-0.4, -0.2) is 36.5 Å². The molecule has 1 aliphatic carbocycles. The van der Waals surface area contributed by atoms with Crippen molar-refractivity contribution < 1.29 is 4.79 Å². The van der Waals surface area contributed by atoms with Crippen LogP contribution in [0.4, 0.5) is 0 Å². The monoisotopic (exact) mass is 224 g/mol. The largest absolute Gasteiger partial charge is 0.355 e. The van der Waals surface area contributed by atoms with Crippen LogP contribution in [0.15, 0.2) is 0 Å². The molecule has 1 amide bonds. The summed E-state index contributed by atoms with van der Waals surface area (Å²) in [7, 11) is 0. The Morgan fingerprint density at radius 2 is 2.00 bits per heavy atom. The number of piperidine rings is 1. The second kappa shape index (κ2) is 5.67. The first-order valence-electron chi connectivity index (χ1n) is 6.82. The van der Waals surface area contributed by atoms with E-state index in [1.807, 2.05) is 6.92 Å². The predicted molar refractivity (Wildman–Crippen MR) is 65.2 cm³/mol. The Morgan fingerprint density at radius 1 is 1.25 bits per heavy atom. The molecule has 2 fully saturated rings. The van der Waals surface area contributed by atoms with Gasteiger partial charge in [0.05, 0.1) is 6.54 Å². The third kappa shape index (κ3) is 2.76. The average molecular weight is 224 g/mol. The van der Waals surface area contributed by atoms with Gasteiger partial charge >= 0.3 is 0 Å². The summed E-state index contributed by atoms with van der Waals surface area (Å²) < 4.78 is 0. The lowest BCUT2D eigenvalue weighted by atomic mass is 9.78. The zero-order valence-electron chi connectivity index (χ0n) is 10.4. The predicted octanol–water partition coefficient (Wildman–Crippen LogP) is 1.78. The van der Waals surface area contributed by atoms with Crippen molar-refractivity contribution in [2.75, 3.05) is 19.6 Å². The highest BCUT2D eigenvalue weighted by molar-refractivity contribution is 5.78. The van der Waals surface area contributed by atoms with Gasteiger partial charge in [-0.25, -0.2) is 0 Å². The molecule has 0 aromatic rings. The van der Waals surface area contributed by atoms with Crippen molar-refractivity contribution in [3.8, 4) is 0 Å².